The molecule has 1 aromatic heterocycles. The first kappa shape index (κ1) is 15.4. The number of benzene rings is 1. The highest BCUT2D eigenvalue weighted by Crippen LogP contribution is 2.22. The Labute approximate surface area is 125 Å². The topological polar surface area (TPSA) is 48.3 Å². The summed E-state index contributed by atoms with van der Waals surface area (Å²) in [6.07, 6.45) is 2.09. The molecule has 5 heteroatoms. The van der Waals surface area contributed by atoms with Crippen molar-refractivity contribution in [2.24, 2.45) is 0 Å². The molecule has 0 saturated heterocycles. The molecule has 0 aliphatic rings. The fourth-order valence-electron chi connectivity index (χ4n) is 2.20. The predicted molar refractivity (Wildman–Crippen MR) is 82.7 cm³/mol. The van der Waals surface area contributed by atoms with Crippen LogP contribution in [0.15, 0.2) is 24.4 Å². The number of ether oxygens (including phenoxy) is 2. The monoisotopic (exact) mass is 289 g/mol. The first-order valence-corrected chi connectivity index (χ1v) is 7.11. The maximum absolute atomic E-state index is 5.28. The van der Waals surface area contributed by atoms with Crippen molar-refractivity contribution in [3.05, 3.63) is 41.2 Å². The van der Waals surface area contributed by atoms with Crippen LogP contribution in [0.5, 0.6) is 11.5 Å². The third-order valence-electron chi connectivity index (χ3n) is 3.43. The van der Waals surface area contributed by atoms with Crippen LogP contribution in [0.1, 0.15) is 23.7 Å². The van der Waals surface area contributed by atoms with Gasteiger partial charge in [0.05, 0.1) is 19.9 Å². The zero-order valence-corrected chi connectivity index (χ0v) is 13.1. The van der Waals surface area contributed by atoms with Crippen LogP contribution in [0.2, 0.25) is 0 Å². The minimum atomic E-state index is 0.754. The number of nitrogens with zero attached hydrogens (tertiary/aromatic N) is 2. The van der Waals surface area contributed by atoms with Crippen molar-refractivity contribution in [2.45, 2.75) is 33.5 Å². The first-order chi connectivity index (χ1) is 10.2. The van der Waals surface area contributed by atoms with Gasteiger partial charge in [0, 0.05) is 37.5 Å². The molecule has 0 amide bonds. The van der Waals surface area contributed by atoms with Crippen molar-refractivity contribution in [2.75, 3.05) is 14.2 Å². The maximum atomic E-state index is 5.28. The molecule has 1 heterocycles. The summed E-state index contributed by atoms with van der Waals surface area (Å²) in [6.45, 7) is 6.58. The van der Waals surface area contributed by atoms with E-state index in [-0.39, 0.29) is 0 Å². The summed E-state index contributed by atoms with van der Waals surface area (Å²) in [7, 11) is 3.32. The van der Waals surface area contributed by atoms with Crippen molar-refractivity contribution >= 4 is 0 Å². The number of hydrogen-bond donors (Lipinski definition) is 1. The highest BCUT2D eigenvalue weighted by Gasteiger charge is 2.05. The zero-order valence-electron chi connectivity index (χ0n) is 13.1. The Balaban J connectivity index is 1.97. The fourth-order valence-corrected chi connectivity index (χ4v) is 2.20. The number of hydrogen-bond acceptors (Lipinski definition) is 4. The van der Waals surface area contributed by atoms with Crippen LogP contribution >= 0.6 is 0 Å². The molecule has 0 saturated carbocycles. The standard InChI is InChI=1S/C16H23N3O2/c1-5-19-11-14(12(2)18-19)10-17-9-13-6-15(20-3)8-16(7-13)21-4/h6-8,11,17H,5,9-10H2,1-4H3. The zero-order chi connectivity index (χ0) is 15.2. The van der Waals surface area contributed by atoms with Crippen LogP contribution < -0.4 is 14.8 Å². The van der Waals surface area contributed by atoms with E-state index in [1.165, 1.54) is 5.56 Å². The number of nitrogens with one attached hydrogen (secondary N) is 1. The number of aryl methyl sites for hydroxylation is 2. The lowest BCUT2D eigenvalue weighted by molar-refractivity contribution is 0.393. The Morgan fingerprint density at radius 1 is 1.10 bits per heavy atom. The lowest BCUT2D eigenvalue weighted by Crippen LogP contribution is -2.13. The van der Waals surface area contributed by atoms with E-state index in [1.54, 1.807) is 14.2 Å². The van der Waals surface area contributed by atoms with Crippen molar-refractivity contribution in [1.29, 1.82) is 0 Å². The molecule has 2 aromatic rings. The van der Waals surface area contributed by atoms with Crippen LogP contribution in [0.3, 0.4) is 0 Å². The van der Waals surface area contributed by atoms with Gasteiger partial charge in [-0.2, -0.15) is 5.10 Å². The van der Waals surface area contributed by atoms with Crippen molar-refractivity contribution < 1.29 is 9.47 Å². The quantitative estimate of drug-likeness (QED) is 0.851. The highest BCUT2D eigenvalue weighted by atomic mass is 16.5. The molecular formula is C16H23N3O2. The van der Waals surface area contributed by atoms with Gasteiger partial charge in [-0.25, -0.2) is 0 Å². The van der Waals surface area contributed by atoms with Crippen LogP contribution in [-0.4, -0.2) is 24.0 Å². The van der Waals surface area contributed by atoms with E-state index in [9.17, 15) is 0 Å². The fraction of sp³-hybridized carbons (Fsp3) is 0.438. The molecule has 114 valence electrons. The minimum absolute atomic E-state index is 0.754. The SMILES string of the molecule is CCn1cc(CNCc2cc(OC)cc(OC)c2)c(C)n1. The van der Waals surface area contributed by atoms with E-state index >= 15 is 0 Å². The second kappa shape index (κ2) is 7.13. The largest absolute Gasteiger partial charge is 0.497 e. The van der Waals surface area contributed by atoms with E-state index in [0.717, 1.165) is 42.4 Å². The van der Waals surface area contributed by atoms with Gasteiger partial charge < -0.3 is 14.8 Å². The Morgan fingerprint density at radius 2 is 1.76 bits per heavy atom. The van der Waals surface area contributed by atoms with E-state index < -0.39 is 0 Å². The summed E-state index contributed by atoms with van der Waals surface area (Å²) in [4.78, 5) is 0. The molecule has 2 rings (SSSR count). The second-order valence-corrected chi connectivity index (χ2v) is 4.92. The third-order valence-corrected chi connectivity index (χ3v) is 3.43. The molecule has 0 aliphatic heterocycles. The maximum Gasteiger partial charge on any atom is 0.122 e. The molecular weight excluding hydrogens is 266 g/mol. The summed E-state index contributed by atoms with van der Waals surface area (Å²) in [5, 5.41) is 7.88. The Bertz CT molecular complexity index is 571. The predicted octanol–water partition coefficient (Wildman–Crippen LogP) is 2.52. The van der Waals surface area contributed by atoms with E-state index in [0.29, 0.717) is 0 Å². The summed E-state index contributed by atoms with van der Waals surface area (Å²) >= 11 is 0. The molecule has 0 radical (unpaired) electrons. The summed E-state index contributed by atoms with van der Waals surface area (Å²) in [5.74, 6) is 1.61. The highest BCUT2D eigenvalue weighted by molar-refractivity contribution is 5.38. The number of rotatable bonds is 7. The normalized spacial score (nSPS) is 10.7. The summed E-state index contributed by atoms with van der Waals surface area (Å²) < 4.78 is 12.5. The molecule has 0 bridgehead atoms. The lowest BCUT2D eigenvalue weighted by atomic mass is 10.2. The van der Waals surface area contributed by atoms with Gasteiger partial charge >= 0.3 is 0 Å². The molecule has 0 aliphatic carbocycles. The molecule has 0 fully saturated rings. The van der Waals surface area contributed by atoms with E-state index in [4.69, 9.17) is 9.47 Å². The van der Waals surface area contributed by atoms with Crippen LogP contribution in [0.25, 0.3) is 0 Å². The molecule has 5 nitrogen and oxygen atoms in total. The second-order valence-electron chi connectivity index (χ2n) is 4.92. The summed E-state index contributed by atoms with van der Waals surface area (Å²) in [5.41, 5.74) is 3.44. The van der Waals surface area contributed by atoms with Gasteiger partial charge in [0.2, 0.25) is 0 Å². The van der Waals surface area contributed by atoms with E-state index in [1.807, 2.05) is 29.8 Å². The van der Waals surface area contributed by atoms with Gasteiger partial charge in [-0.15, -0.1) is 0 Å². The molecule has 0 atom stereocenters. The Hall–Kier alpha value is -2.01. The van der Waals surface area contributed by atoms with Gasteiger partial charge in [-0.05, 0) is 31.5 Å². The Morgan fingerprint density at radius 3 is 2.29 bits per heavy atom. The lowest BCUT2D eigenvalue weighted by Gasteiger charge is -2.09. The molecule has 0 unspecified atom stereocenters. The van der Waals surface area contributed by atoms with Crippen molar-refractivity contribution in [3.8, 4) is 11.5 Å². The molecule has 1 N–H and O–H groups in total. The van der Waals surface area contributed by atoms with Gasteiger partial charge in [0.15, 0.2) is 0 Å². The van der Waals surface area contributed by atoms with Crippen LogP contribution in [0, 0.1) is 6.92 Å². The molecule has 21 heavy (non-hydrogen) atoms. The van der Waals surface area contributed by atoms with Crippen LogP contribution in [0.4, 0.5) is 0 Å². The van der Waals surface area contributed by atoms with Gasteiger partial charge in [-0.3, -0.25) is 4.68 Å². The molecule has 0 spiro atoms. The van der Waals surface area contributed by atoms with Gasteiger partial charge in [0.1, 0.15) is 11.5 Å². The number of aromatic nitrogens is 2. The smallest absolute Gasteiger partial charge is 0.122 e. The average molecular weight is 289 g/mol. The van der Waals surface area contributed by atoms with Gasteiger partial charge in [-0.1, -0.05) is 0 Å². The van der Waals surface area contributed by atoms with Crippen LogP contribution in [-0.2, 0) is 19.6 Å². The van der Waals surface area contributed by atoms with Crippen molar-refractivity contribution in [3.63, 3.8) is 0 Å². The van der Waals surface area contributed by atoms with Gasteiger partial charge in [0.25, 0.3) is 0 Å². The average Bonchev–Trinajstić information content (AvgIpc) is 2.87. The van der Waals surface area contributed by atoms with E-state index in [2.05, 4.69) is 23.5 Å². The first-order valence-electron chi connectivity index (χ1n) is 7.11. The molecule has 1 aromatic carbocycles. The van der Waals surface area contributed by atoms with Crippen molar-refractivity contribution in [1.82, 2.24) is 15.1 Å². The minimum Gasteiger partial charge on any atom is -0.497 e. The summed E-state index contributed by atoms with van der Waals surface area (Å²) in [6, 6.07) is 5.90. The number of methoxy groups -OCH3 is 2. The third kappa shape index (κ3) is 3.98. The Kier molecular flexibility index (Phi) is 5.22.